The lowest BCUT2D eigenvalue weighted by molar-refractivity contribution is 0.561. The van der Waals surface area contributed by atoms with Crippen molar-refractivity contribution < 1.29 is 12.8 Å². The predicted molar refractivity (Wildman–Crippen MR) is 104 cm³/mol. The maximum Gasteiger partial charge on any atom is 0.336 e. The van der Waals surface area contributed by atoms with E-state index in [0.717, 1.165) is 34.9 Å². The molecule has 2 aromatic carbocycles. The Balaban J connectivity index is 1.66. The molecule has 0 unspecified atom stereocenters. The maximum atomic E-state index is 12.0. The number of aryl methyl sites for hydroxylation is 2. The molecule has 1 aromatic heterocycles. The number of sulfone groups is 1. The lowest BCUT2D eigenvalue weighted by Crippen LogP contribution is -2.15. The van der Waals surface area contributed by atoms with Gasteiger partial charge in [0.1, 0.15) is 5.58 Å². The Bertz CT molecular complexity index is 1060. The van der Waals surface area contributed by atoms with E-state index in [-0.39, 0.29) is 16.6 Å². The highest BCUT2D eigenvalue weighted by Gasteiger charge is 2.16. The quantitative estimate of drug-likeness (QED) is 0.617. The number of rotatable bonds is 6. The van der Waals surface area contributed by atoms with Crippen LogP contribution in [0.1, 0.15) is 30.5 Å². The molecule has 3 rings (SSSR count). The fraction of sp³-hybridized carbons (Fsp3) is 0.286. The second kappa shape index (κ2) is 7.46. The molecule has 0 radical (unpaired) electrons. The summed E-state index contributed by atoms with van der Waals surface area (Å²) in [6.45, 7) is 3.41. The summed E-state index contributed by atoms with van der Waals surface area (Å²) in [5.41, 5.74) is 3.40. The molecule has 0 saturated heterocycles. The Hall–Kier alpha value is -2.40. The van der Waals surface area contributed by atoms with Crippen molar-refractivity contribution in [2.45, 2.75) is 37.7 Å². The first-order valence-electron chi connectivity index (χ1n) is 8.66. The van der Waals surface area contributed by atoms with Crippen LogP contribution in [0.5, 0.6) is 0 Å². The van der Waals surface area contributed by atoms with Crippen LogP contribution in [0.2, 0.25) is 0 Å². The predicted octanol–water partition coefficient (Wildman–Crippen LogP) is 3.90. The molecule has 0 spiro atoms. The molecule has 0 aliphatic rings. The monoisotopic (exact) mass is 370 g/mol. The van der Waals surface area contributed by atoms with Gasteiger partial charge in [-0.3, -0.25) is 0 Å². The van der Waals surface area contributed by atoms with Crippen LogP contribution in [0, 0.1) is 0 Å². The van der Waals surface area contributed by atoms with E-state index in [1.165, 1.54) is 6.07 Å². The van der Waals surface area contributed by atoms with E-state index in [4.69, 9.17) is 4.42 Å². The van der Waals surface area contributed by atoms with E-state index < -0.39 is 9.84 Å². The van der Waals surface area contributed by atoms with Crippen molar-refractivity contribution in [2.75, 3.05) is 0 Å². The second-order valence-electron chi connectivity index (χ2n) is 6.80. The molecule has 0 atom stereocenters. The van der Waals surface area contributed by atoms with Gasteiger partial charge in [0.25, 0.3) is 0 Å². The zero-order valence-electron chi connectivity index (χ0n) is 14.9. The van der Waals surface area contributed by atoms with E-state index in [2.05, 4.69) is 0 Å². The minimum atomic E-state index is -3.07. The number of hydrogen-bond acceptors (Lipinski definition) is 4. The molecule has 0 N–H and O–H groups in total. The molecule has 1 heterocycles. The minimum Gasteiger partial charge on any atom is -0.423 e. The summed E-state index contributed by atoms with van der Waals surface area (Å²) in [6, 6.07) is 16.8. The molecular formula is C21H22O4S. The van der Waals surface area contributed by atoms with Crippen molar-refractivity contribution in [1.29, 1.82) is 0 Å². The molecular weight excluding hydrogens is 348 g/mol. The van der Waals surface area contributed by atoms with E-state index in [9.17, 15) is 13.2 Å². The molecule has 3 aromatic rings. The third kappa shape index (κ3) is 4.41. The van der Waals surface area contributed by atoms with E-state index in [1.54, 1.807) is 19.9 Å². The van der Waals surface area contributed by atoms with Gasteiger partial charge in [0, 0.05) is 11.5 Å². The molecule has 0 saturated carbocycles. The molecule has 0 fully saturated rings. The summed E-state index contributed by atoms with van der Waals surface area (Å²) >= 11 is 0. The van der Waals surface area contributed by atoms with E-state index in [0.29, 0.717) is 5.58 Å². The largest absolute Gasteiger partial charge is 0.423 e. The first-order chi connectivity index (χ1) is 12.3. The van der Waals surface area contributed by atoms with Gasteiger partial charge in [0.2, 0.25) is 0 Å². The van der Waals surface area contributed by atoms with E-state index in [1.807, 2.05) is 42.5 Å². The highest BCUT2D eigenvalue weighted by Crippen LogP contribution is 2.17. The fourth-order valence-electron chi connectivity index (χ4n) is 2.77. The Morgan fingerprint density at radius 2 is 1.46 bits per heavy atom. The van der Waals surface area contributed by atoms with Crippen LogP contribution in [0.25, 0.3) is 11.0 Å². The minimum absolute atomic E-state index is 0.0842. The van der Waals surface area contributed by atoms with Crippen molar-refractivity contribution >= 4 is 20.8 Å². The van der Waals surface area contributed by atoms with Gasteiger partial charge in [0.15, 0.2) is 9.84 Å². The van der Waals surface area contributed by atoms with Crippen molar-refractivity contribution in [2.24, 2.45) is 0 Å². The van der Waals surface area contributed by atoms with Crippen LogP contribution in [0.15, 0.2) is 63.8 Å². The highest BCUT2D eigenvalue weighted by atomic mass is 32.2. The maximum absolute atomic E-state index is 12.0. The third-order valence-corrected chi connectivity index (χ3v) is 6.67. The van der Waals surface area contributed by atoms with Gasteiger partial charge in [-0.05, 0) is 61.6 Å². The van der Waals surface area contributed by atoms with Gasteiger partial charge < -0.3 is 4.42 Å². The second-order valence-corrected chi connectivity index (χ2v) is 9.36. The number of fused-ring (bicyclic) bond motifs is 1. The molecule has 0 amide bonds. The molecule has 4 nitrogen and oxygen atoms in total. The van der Waals surface area contributed by atoms with Crippen LogP contribution < -0.4 is 5.63 Å². The van der Waals surface area contributed by atoms with Crippen LogP contribution in [-0.4, -0.2) is 13.7 Å². The normalized spacial score (nSPS) is 12.0. The molecule has 0 aliphatic carbocycles. The summed E-state index contributed by atoms with van der Waals surface area (Å²) in [4.78, 5) is 11.2. The molecule has 0 aliphatic heterocycles. The third-order valence-electron chi connectivity index (χ3n) is 4.50. The lowest BCUT2D eigenvalue weighted by Gasteiger charge is -2.09. The zero-order valence-corrected chi connectivity index (χ0v) is 15.8. The smallest absolute Gasteiger partial charge is 0.336 e. The number of benzene rings is 2. The Morgan fingerprint density at radius 1 is 0.846 bits per heavy atom. The summed E-state index contributed by atoms with van der Waals surface area (Å²) in [5.74, 6) is 0.0842. The summed E-state index contributed by atoms with van der Waals surface area (Å²) in [6.07, 6.45) is 1.72. The van der Waals surface area contributed by atoms with Gasteiger partial charge in [-0.25, -0.2) is 13.2 Å². The Labute approximate surface area is 153 Å². The fourth-order valence-corrected chi connectivity index (χ4v) is 3.76. The van der Waals surface area contributed by atoms with Crippen molar-refractivity contribution in [1.82, 2.24) is 0 Å². The van der Waals surface area contributed by atoms with Crippen molar-refractivity contribution in [3.05, 3.63) is 81.7 Å². The Kier molecular flexibility index (Phi) is 5.28. The van der Waals surface area contributed by atoms with Crippen LogP contribution in [0.4, 0.5) is 0 Å². The van der Waals surface area contributed by atoms with Gasteiger partial charge in [-0.15, -0.1) is 0 Å². The average Bonchev–Trinajstić information content (AvgIpc) is 2.60. The first-order valence-corrected chi connectivity index (χ1v) is 10.4. The molecule has 0 bridgehead atoms. The number of hydrogen-bond donors (Lipinski definition) is 0. The summed E-state index contributed by atoms with van der Waals surface area (Å²) in [7, 11) is -3.07. The Morgan fingerprint density at radius 3 is 2.15 bits per heavy atom. The zero-order chi connectivity index (χ0) is 18.7. The summed E-state index contributed by atoms with van der Waals surface area (Å²) < 4.78 is 29.1. The average molecular weight is 370 g/mol. The molecule has 5 heteroatoms. The SMILES string of the molecule is CC(C)S(=O)(=O)Cc1ccc(CCc2ccc3oc(=O)ccc3c2)cc1. The lowest BCUT2D eigenvalue weighted by atomic mass is 10.0. The molecule has 26 heavy (non-hydrogen) atoms. The van der Waals surface area contributed by atoms with Gasteiger partial charge in [-0.1, -0.05) is 30.3 Å². The van der Waals surface area contributed by atoms with E-state index >= 15 is 0 Å². The summed E-state index contributed by atoms with van der Waals surface area (Å²) in [5, 5.41) is 0.552. The molecule has 136 valence electrons. The highest BCUT2D eigenvalue weighted by molar-refractivity contribution is 7.91. The van der Waals surface area contributed by atoms with Crippen molar-refractivity contribution in [3.8, 4) is 0 Å². The van der Waals surface area contributed by atoms with Crippen LogP contribution in [0.3, 0.4) is 0 Å². The van der Waals surface area contributed by atoms with Gasteiger partial charge >= 0.3 is 5.63 Å². The van der Waals surface area contributed by atoms with Crippen LogP contribution >= 0.6 is 0 Å². The van der Waals surface area contributed by atoms with Crippen molar-refractivity contribution in [3.63, 3.8) is 0 Å². The topological polar surface area (TPSA) is 64.3 Å². The van der Waals surface area contributed by atoms with Gasteiger partial charge in [0.05, 0.1) is 11.0 Å². The standard InChI is InChI=1S/C21H22O4S/c1-15(2)26(23,24)14-18-7-4-16(5-8-18)3-6-17-9-11-20-19(13-17)10-12-21(22)25-20/h4-5,7-13,15H,3,6,14H2,1-2H3. The van der Waals surface area contributed by atoms with Gasteiger partial charge in [-0.2, -0.15) is 0 Å². The first kappa shape index (κ1) is 18.4. The van der Waals surface area contributed by atoms with Crippen LogP contribution in [-0.2, 0) is 28.4 Å².